The maximum Gasteiger partial charge on any atom is 0.229 e. The van der Waals surface area contributed by atoms with Crippen molar-refractivity contribution in [2.24, 2.45) is 5.92 Å². The van der Waals surface area contributed by atoms with Gasteiger partial charge in [0.1, 0.15) is 0 Å². The standard InChI is InChI=1S/C23H24N4O3/c1-4-20-25-22(26-30-20)16-6-5-7-18(11-16)24-23(29)17-12-21(28)27(13-17)19-9-8-14(2)15(3)10-19/h5-11,17H,4,12-13H2,1-3H3,(H,24,29)/t17-/m1/s1. The first-order valence-electron chi connectivity index (χ1n) is 10.1. The van der Waals surface area contributed by atoms with Gasteiger partial charge in [-0.3, -0.25) is 9.59 Å². The summed E-state index contributed by atoms with van der Waals surface area (Å²) in [4.78, 5) is 31.4. The molecule has 7 heteroatoms. The van der Waals surface area contributed by atoms with Crippen LogP contribution in [-0.4, -0.2) is 28.5 Å². The maximum absolute atomic E-state index is 12.8. The van der Waals surface area contributed by atoms with Crippen molar-refractivity contribution in [2.75, 3.05) is 16.8 Å². The summed E-state index contributed by atoms with van der Waals surface area (Å²) < 4.78 is 5.16. The number of anilines is 2. The second-order valence-corrected chi connectivity index (χ2v) is 7.61. The van der Waals surface area contributed by atoms with Crippen molar-refractivity contribution in [3.63, 3.8) is 0 Å². The van der Waals surface area contributed by atoms with Crippen molar-refractivity contribution in [3.8, 4) is 11.4 Å². The fraction of sp³-hybridized carbons (Fsp3) is 0.304. The van der Waals surface area contributed by atoms with Gasteiger partial charge in [0.25, 0.3) is 0 Å². The topological polar surface area (TPSA) is 88.3 Å². The molecule has 2 aromatic carbocycles. The fourth-order valence-corrected chi connectivity index (χ4v) is 3.52. The predicted octanol–water partition coefficient (Wildman–Crippen LogP) is 3.91. The van der Waals surface area contributed by atoms with Crippen LogP contribution in [0.4, 0.5) is 11.4 Å². The Bertz CT molecular complexity index is 1110. The normalized spacial score (nSPS) is 16.2. The van der Waals surface area contributed by atoms with Crippen molar-refractivity contribution in [2.45, 2.75) is 33.6 Å². The van der Waals surface area contributed by atoms with Crippen LogP contribution in [0.5, 0.6) is 0 Å². The number of benzene rings is 2. The Balaban J connectivity index is 1.46. The highest BCUT2D eigenvalue weighted by molar-refractivity contribution is 6.03. The first kappa shape index (κ1) is 19.8. The number of aryl methyl sites for hydroxylation is 3. The molecule has 1 aliphatic rings. The third-order valence-electron chi connectivity index (χ3n) is 5.46. The van der Waals surface area contributed by atoms with Gasteiger partial charge < -0.3 is 14.7 Å². The van der Waals surface area contributed by atoms with Gasteiger partial charge in [-0.2, -0.15) is 4.98 Å². The molecule has 1 aromatic heterocycles. The number of carbonyl (C=O) groups is 2. The molecule has 1 fully saturated rings. The molecule has 1 aliphatic heterocycles. The van der Waals surface area contributed by atoms with Gasteiger partial charge in [0, 0.05) is 36.3 Å². The number of rotatable bonds is 5. The first-order chi connectivity index (χ1) is 14.4. The van der Waals surface area contributed by atoms with Crippen LogP contribution in [0.15, 0.2) is 47.0 Å². The van der Waals surface area contributed by atoms with Gasteiger partial charge in [-0.25, -0.2) is 0 Å². The molecule has 2 heterocycles. The molecule has 0 spiro atoms. The van der Waals surface area contributed by atoms with Gasteiger partial charge in [-0.15, -0.1) is 0 Å². The van der Waals surface area contributed by atoms with Gasteiger partial charge in [-0.1, -0.05) is 30.3 Å². The molecule has 2 amide bonds. The summed E-state index contributed by atoms with van der Waals surface area (Å²) in [5.74, 6) is 0.440. The summed E-state index contributed by atoms with van der Waals surface area (Å²) in [5, 5.41) is 6.90. The number of nitrogens with one attached hydrogen (secondary N) is 1. The SMILES string of the molecule is CCc1nc(-c2cccc(NC(=O)[C@@H]3CC(=O)N(c4ccc(C)c(C)c4)C3)c2)no1. The Kier molecular flexibility index (Phi) is 5.35. The van der Waals surface area contributed by atoms with E-state index in [0.717, 1.165) is 16.8 Å². The monoisotopic (exact) mass is 404 g/mol. The average Bonchev–Trinajstić information content (AvgIpc) is 3.37. The van der Waals surface area contributed by atoms with Gasteiger partial charge in [0.15, 0.2) is 0 Å². The lowest BCUT2D eigenvalue weighted by atomic mass is 10.1. The molecule has 0 saturated carbocycles. The van der Waals surface area contributed by atoms with E-state index in [9.17, 15) is 9.59 Å². The highest BCUT2D eigenvalue weighted by Crippen LogP contribution is 2.28. The van der Waals surface area contributed by atoms with Gasteiger partial charge in [-0.05, 0) is 49.2 Å². The molecule has 0 aliphatic carbocycles. The largest absolute Gasteiger partial charge is 0.339 e. The van der Waals surface area contributed by atoms with E-state index >= 15 is 0 Å². The molecule has 1 saturated heterocycles. The Morgan fingerprint density at radius 2 is 2.03 bits per heavy atom. The Hall–Kier alpha value is -3.48. The number of amides is 2. The van der Waals surface area contributed by atoms with Crippen LogP contribution in [0.25, 0.3) is 11.4 Å². The number of aromatic nitrogens is 2. The molecule has 154 valence electrons. The second kappa shape index (κ2) is 8.10. The van der Waals surface area contributed by atoms with Crippen LogP contribution in [0, 0.1) is 19.8 Å². The lowest BCUT2D eigenvalue weighted by molar-refractivity contribution is -0.122. The highest BCUT2D eigenvalue weighted by Gasteiger charge is 2.35. The van der Waals surface area contributed by atoms with E-state index in [1.165, 1.54) is 5.56 Å². The molecule has 7 nitrogen and oxygen atoms in total. The van der Waals surface area contributed by atoms with E-state index < -0.39 is 5.92 Å². The van der Waals surface area contributed by atoms with E-state index in [0.29, 0.717) is 30.4 Å². The number of carbonyl (C=O) groups excluding carboxylic acids is 2. The van der Waals surface area contributed by atoms with Crippen molar-refractivity contribution < 1.29 is 14.1 Å². The van der Waals surface area contributed by atoms with Crippen molar-refractivity contribution >= 4 is 23.2 Å². The number of nitrogens with zero attached hydrogens (tertiary/aromatic N) is 3. The maximum atomic E-state index is 12.8. The minimum Gasteiger partial charge on any atom is -0.339 e. The van der Waals surface area contributed by atoms with E-state index in [4.69, 9.17) is 4.52 Å². The van der Waals surface area contributed by atoms with Crippen LogP contribution >= 0.6 is 0 Å². The molecule has 0 bridgehead atoms. The summed E-state index contributed by atoms with van der Waals surface area (Å²) in [6.45, 7) is 6.37. The van der Waals surface area contributed by atoms with E-state index in [2.05, 4.69) is 15.5 Å². The fourth-order valence-electron chi connectivity index (χ4n) is 3.52. The number of hydrogen-bond acceptors (Lipinski definition) is 5. The summed E-state index contributed by atoms with van der Waals surface area (Å²) >= 11 is 0. The number of hydrogen-bond donors (Lipinski definition) is 1. The summed E-state index contributed by atoms with van der Waals surface area (Å²) in [6.07, 6.45) is 0.860. The smallest absolute Gasteiger partial charge is 0.229 e. The predicted molar refractivity (Wildman–Crippen MR) is 114 cm³/mol. The van der Waals surface area contributed by atoms with Crippen LogP contribution < -0.4 is 10.2 Å². The molecule has 0 unspecified atom stereocenters. The van der Waals surface area contributed by atoms with Crippen molar-refractivity contribution in [3.05, 3.63) is 59.5 Å². The summed E-state index contributed by atoms with van der Waals surface area (Å²) in [7, 11) is 0. The minimum atomic E-state index is -0.403. The van der Waals surface area contributed by atoms with E-state index in [1.54, 1.807) is 17.0 Å². The molecular formula is C23H24N4O3. The molecule has 30 heavy (non-hydrogen) atoms. The molecule has 4 rings (SSSR count). The third-order valence-corrected chi connectivity index (χ3v) is 5.46. The van der Waals surface area contributed by atoms with Gasteiger partial charge in [0.05, 0.1) is 5.92 Å². The average molecular weight is 404 g/mol. The first-order valence-corrected chi connectivity index (χ1v) is 10.1. The Morgan fingerprint density at radius 3 is 2.77 bits per heavy atom. The van der Waals surface area contributed by atoms with E-state index in [-0.39, 0.29) is 18.2 Å². The highest BCUT2D eigenvalue weighted by atomic mass is 16.5. The molecule has 3 aromatic rings. The lowest BCUT2D eigenvalue weighted by Gasteiger charge is -2.18. The van der Waals surface area contributed by atoms with Crippen molar-refractivity contribution in [1.82, 2.24) is 10.1 Å². The van der Waals surface area contributed by atoms with Crippen LogP contribution in [0.1, 0.15) is 30.4 Å². The minimum absolute atomic E-state index is 0.0361. The zero-order chi connectivity index (χ0) is 21.3. The van der Waals surface area contributed by atoms with Crippen LogP contribution in [0.3, 0.4) is 0 Å². The lowest BCUT2D eigenvalue weighted by Crippen LogP contribution is -2.28. The summed E-state index contributed by atoms with van der Waals surface area (Å²) in [5.41, 5.74) is 4.53. The van der Waals surface area contributed by atoms with Gasteiger partial charge in [0.2, 0.25) is 23.5 Å². The Morgan fingerprint density at radius 1 is 1.20 bits per heavy atom. The van der Waals surface area contributed by atoms with Crippen LogP contribution in [-0.2, 0) is 16.0 Å². The van der Waals surface area contributed by atoms with Gasteiger partial charge >= 0.3 is 0 Å². The zero-order valence-corrected chi connectivity index (χ0v) is 17.3. The van der Waals surface area contributed by atoms with Crippen molar-refractivity contribution in [1.29, 1.82) is 0 Å². The quantitative estimate of drug-likeness (QED) is 0.697. The zero-order valence-electron chi connectivity index (χ0n) is 17.3. The molecular weight excluding hydrogens is 380 g/mol. The third kappa shape index (κ3) is 3.96. The Labute approximate surface area is 175 Å². The van der Waals surface area contributed by atoms with E-state index in [1.807, 2.05) is 51.1 Å². The second-order valence-electron chi connectivity index (χ2n) is 7.61. The molecule has 1 N–H and O–H groups in total. The molecule has 0 radical (unpaired) electrons. The van der Waals surface area contributed by atoms with Crippen LogP contribution in [0.2, 0.25) is 0 Å². The summed E-state index contributed by atoms with van der Waals surface area (Å²) in [6, 6.07) is 13.2. The molecule has 1 atom stereocenters.